The van der Waals surface area contributed by atoms with Crippen LogP contribution in [0.1, 0.15) is 12.5 Å². The van der Waals surface area contributed by atoms with Gasteiger partial charge in [0.15, 0.2) is 17.5 Å². The molecule has 154 valence electrons. The van der Waals surface area contributed by atoms with Crippen molar-refractivity contribution in [1.29, 1.82) is 0 Å². The summed E-state index contributed by atoms with van der Waals surface area (Å²) in [7, 11) is 1.85. The monoisotopic (exact) mass is 398 g/mol. The molecule has 1 amide bonds. The maximum absolute atomic E-state index is 12.7. The predicted octanol–water partition coefficient (Wildman–Crippen LogP) is 1.01. The maximum atomic E-state index is 12.7. The Morgan fingerprint density at radius 1 is 1.28 bits per heavy atom. The van der Waals surface area contributed by atoms with Gasteiger partial charge in [0.25, 0.3) is 0 Å². The molecule has 1 aromatic heterocycles. The Balaban J connectivity index is 1.37. The first-order valence-electron chi connectivity index (χ1n) is 9.85. The van der Waals surface area contributed by atoms with E-state index in [1.54, 1.807) is 15.8 Å². The molecular formula is C20H26N6O3. The molecule has 1 N–H and O–H groups in total. The molecular weight excluding hydrogens is 372 g/mol. The number of anilines is 1. The van der Waals surface area contributed by atoms with E-state index in [0.29, 0.717) is 19.6 Å². The van der Waals surface area contributed by atoms with Crippen LogP contribution in [0.3, 0.4) is 0 Å². The maximum Gasteiger partial charge on any atom is 0.246 e. The third-order valence-corrected chi connectivity index (χ3v) is 4.96. The predicted molar refractivity (Wildman–Crippen MR) is 109 cm³/mol. The Bertz CT molecular complexity index is 909. The summed E-state index contributed by atoms with van der Waals surface area (Å²) in [6, 6.07) is 5.97. The average molecular weight is 398 g/mol. The fourth-order valence-corrected chi connectivity index (χ4v) is 3.49. The fourth-order valence-electron chi connectivity index (χ4n) is 3.49. The number of amides is 1. The normalized spacial score (nSPS) is 16.5. The number of carbonyl (C=O) groups is 1. The van der Waals surface area contributed by atoms with Crippen molar-refractivity contribution >= 4 is 17.6 Å². The molecule has 1 fully saturated rings. The molecule has 3 heterocycles. The Morgan fingerprint density at radius 2 is 2.14 bits per heavy atom. The molecule has 9 heteroatoms. The number of aliphatic imine (C=N–C) groups is 1. The molecule has 2 aliphatic heterocycles. The summed E-state index contributed by atoms with van der Waals surface area (Å²) in [5.74, 6) is 2.39. The van der Waals surface area contributed by atoms with E-state index in [0.717, 1.165) is 48.2 Å². The molecule has 0 bridgehead atoms. The van der Waals surface area contributed by atoms with Crippen molar-refractivity contribution < 1.29 is 14.3 Å². The number of aromatic nitrogens is 2. The molecule has 0 atom stereocenters. The van der Waals surface area contributed by atoms with E-state index in [2.05, 4.69) is 10.4 Å². The molecule has 9 nitrogen and oxygen atoms in total. The number of guanidine groups is 1. The van der Waals surface area contributed by atoms with Crippen LogP contribution in [-0.4, -0.2) is 66.1 Å². The smallest absolute Gasteiger partial charge is 0.246 e. The first kappa shape index (κ1) is 19.1. The number of hydrogen-bond acceptors (Lipinski definition) is 5. The second kappa shape index (κ2) is 8.42. The zero-order chi connectivity index (χ0) is 20.2. The van der Waals surface area contributed by atoms with Crippen LogP contribution in [0.4, 0.5) is 5.69 Å². The van der Waals surface area contributed by atoms with Gasteiger partial charge in [0.1, 0.15) is 6.54 Å². The van der Waals surface area contributed by atoms with Crippen LogP contribution >= 0.6 is 0 Å². The van der Waals surface area contributed by atoms with E-state index in [9.17, 15) is 4.79 Å². The molecule has 29 heavy (non-hydrogen) atoms. The largest absolute Gasteiger partial charge is 0.454 e. The Kier molecular flexibility index (Phi) is 5.55. The lowest BCUT2D eigenvalue weighted by Crippen LogP contribution is -2.55. The van der Waals surface area contributed by atoms with Crippen molar-refractivity contribution in [1.82, 2.24) is 20.0 Å². The summed E-state index contributed by atoms with van der Waals surface area (Å²) in [6.07, 6.45) is 4.37. The molecule has 1 aromatic carbocycles. The van der Waals surface area contributed by atoms with E-state index < -0.39 is 0 Å². The lowest BCUT2D eigenvalue weighted by Gasteiger charge is -2.35. The number of ether oxygens (including phenoxy) is 2. The van der Waals surface area contributed by atoms with Crippen LogP contribution in [0, 0.1) is 0 Å². The van der Waals surface area contributed by atoms with Crippen molar-refractivity contribution in [2.75, 3.05) is 44.4 Å². The summed E-state index contributed by atoms with van der Waals surface area (Å²) < 4.78 is 12.5. The number of benzene rings is 1. The van der Waals surface area contributed by atoms with Gasteiger partial charge in [0, 0.05) is 39.4 Å². The van der Waals surface area contributed by atoms with E-state index in [1.165, 1.54) is 0 Å². The van der Waals surface area contributed by atoms with Crippen LogP contribution in [0.2, 0.25) is 0 Å². The van der Waals surface area contributed by atoms with Gasteiger partial charge < -0.3 is 24.6 Å². The van der Waals surface area contributed by atoms with Gasteiger partial charge in [0.05, 0.1) is 11.9 Å². The summed E-state index contributed by atoms with van der Waals surface area (Å²) in [6.45, 7) is 5.30. The van der Waals surface area contributed by atoms with Crippen LogP contribution < -0.4 is 19.7 Å². The Labute approximate surface area is 169 Å². The second-order valence-electron chi connectivity index (χ2n) is 7.01. The van der Waals surface area contributed by atoms with E-state index in [1.807, 2.05) is 43.3 Å². The van der Waals surface area contributed by atoms with Crippen LogP contribution in [0.15, 0.2) is 35.6 Å². The number of carbonyl (C=O) groups excluding carboxylic acids is 1. The van der Waals surface area contributed by atoms with Crippen LogP contribution in [-0.2, 0) is 18.3 Å². The first-order chi connectivity index (χ1) is 14.1. The van der Waals surface area contributed by atoms with Gasteiger partial charge in [-0.15, -0.1) is 0 Å². The summed E-state index contributed by atoms with van der Waals surface area (Å²) >= 11 is 0. The molecule has 0 radical (unpaired) electrons. The Morgan fingerprint density at radius 3 is 2.90 bits per heavy atom. The molecule has 4 rings (SSSR count). The van der Waals surface area contributed by atoms with Gasteiger partial charge in [-0.05, 0) is 31.0 Å². The number of nitrogens with one attached hydrogen (secondary N) is 1. The van der Waals surface area contributed by atoms with Gasteiger partial charge in [-0.2, -0.15) is 5.10 Å². The minimum absolute atomic E-state index is 0.0469. The van der Waals surface area contributed by atoms with Crippen molar-refractivity contribution in [3.05, 3.63) is 36.2 Å². The molecule has 1 saturated heterocycles. The molecule has 2 aromatic rings. The third kappa shape index (κ3) is 4.28. The third-order valence-electron chi connectivity index (χ3n) is 4.96. The van der Waals surface area contributed by atoms with Crippen LogP contribution in [0.25, 0.3) is 0 Å². The topological polar surface area (TPSA) is 84.2 Å². The zero-order valence-electron chi connectivity index (χ0n) is 16.8. The van der Waals surface area contributed by atoms with Gasteiger partial charge >= 0.3 is 0 Å². The highest BCUT2D eigenvalue weighted by Crippen LogP contribution is 2.32. The minimum atomic E-state index is 0.0469. The van der Waals surface area contributed by atoms with Gasteiger partial charge in [-0.25, -0.2) is 0 Å². The van der Waals surface area contributed by atoms with E-state index in [-0.39, 0.29) is 12.7 Å². The molecule has 0 aliphatic carbocycles. The lowest BCUT2D eigenvalue weighted by molar-refractivity contribution is -0.120. The van der Waals surface area contributed by atoms with Crippen molar-refractivity contribution in [3.8, 4) is 11.5 Å². The van der Waals surface area contributed by atoms with Gasteiger partial charge in [-0.1, -0.05) is 6.07 Å². The highest BCUT2D eigenvalue weighted by atomic mass is 16.7. The standard InChI is InChI=1S/C20H26N6O3/c1-3-21-20(22-7-6-15-4-5-17-18(10-15)29-14-28-17)25-8-9-26(19(27)13-25)16-11-23-24(2)12-16/h4-5,10-12H,3,6-9,13-14H2,1-2H3,(H,21,22). The van der Waals surface area contributed by atoms with Crippen molar-refractivity contribution in [2.24, 2.45) is 12.0 Å². The summed E-state index contributed by atoms with van der Waals surface area (Å²) in [5, 5.41) is 7.46. The quantitative estimate of drug-likeness (QED) is 0.598. The first-order valence-corrected chi connectivity index (χ1v) is 9.85. The number of fused-ring (bicyclic) bond motifs is 1. The fraction of sp³-hybridized carbons (Fsp3) is 0.450. The Hall–Kier alpha value is -3.23. The summed E-state index contributed by atoms with van der Waals surface area (Å²) in [5.41, 5.74) is 1.98. The van der Waals surface area contributed by atoms with Gasteiger partial charge in [0.2, 0.25) is 12.7 Å². The second-order valence-corrected chi connectivity index (χ2v) is 7.01. The minimum Gasteiger partial charge on any atom is -0.454 e. The molecule has 2 aliphatic rings. The average Bonchev–Trinajstić information content (AvgIpc) is 3.35. The van der Waals surface area contributed by atoms with Crippen LogP contribution in [0.5, 0.6) is 11.5 Å². The highest BCUT2D eigenvalue weighted by Gasteiger charge is 2.27. The number of aryl methyl sites for hydroxylation is 1. The summed E-state index contributed by atoms with van der Waals surface area (Å²) in [4.78, 5) is 21.2. The number of rotatable bonds is 5. The van der Waals surface area contributed by atoms with Crippen molar-refractivity contribution in [3.63, 3.8) is 0 Å². The number of nitrogens with zero attached hydrogens (tertiary/aromatic N) is 5. The number of hydrogen-bond donors (Lipinski definition) is 1. The van der Waals surface area contributed by atoms with Crippen molar-refractivity contribution in [2.45, 2.75) is 13.3 Å². The van der Waals surface area contributed by atoms with E-state index >= 15 is 0 Å². The molecule has 0 spiro atoms. The zero-order valence-corrected chi connectivity index (χ0v) is 16.8. The number of piperazine rings is 1. The molecule has 0 unspecified atom stereocenters. The lowest BCUT2D eigenvalue weighted by atomic mass is 10.1. The molecule has 0 saturated carbocycles. The van der Waals surface area contributed by atoms with Gasteiger partial charge in [-0.3, -0.25) is 14.5 Å². The SMILES string of the molecule is CCNC(=NCCc1ccc2c(c1)OCO2)N1CCN(c2cnn(C)c2)C(=O)C1. The highest BCUT2D eigenvalue weighted by molar-refractivity contribution is 5.98. The van der Waals surface area contributed by atoms with E-state index in [4.69, 9.17) is 14.5 Å².